The fourth-order valence-corrected chi connectivity index (χ4v) is 3.40. The van der Waals surface area contributed by atoms with Crippen molar-refractivity contribution in [1.82, 2.24) is 4.90 Å². The van der Waals surface area contributed by atoms with Gasteiger partial charge in [-0.3, -0.25) is 19.3 Å². The summed E-state index contributed by atoms with van der Waals surface area (Å²) >= 11 is 12.9. The van der Waals surface area contributed by atoms with Crippen LogP contribution in [0, 0.1) is 0 Å². The molecule has 3 rings (SSSR count). The number of thioether (sulfide) groups is 1. The Morgan fingerprint density at radius 1 is 1.24 bits per heavy atom. The van der Waals surface area contributed by atoms with Gasteiger partial charge in [-0.1, -0.05) is 29.3 Å². The third kappa shape index (κ3) is 3.58. The van der Waals surface area contributed by atoms with Crippen LogP contribution in [0.5, 0.6) is 0 Å². The Labute approximate surface area is 156 Å². The third-order valence-corrected chi connectivity index (χ3v) is 5.03. The number of furan rings is 1. The molecule has 1 saturated heterocycles. The van der Waals surface area contributed by atoms with E-state index in [1.807, 2.05) is 0 Å². The predicted molar refractivity (Wildman–Crippen MR) is 96.0 cm³/mol. The lowest BCUT2D eigenvalue weighted by Crippen LogP contribution is -2.36. The number of carbonyl (C=O) groups excluding carboxylic acids is 3. The standard InChI is InChI=1S/C16H10Cl2N2O4S/c17-10-3-1-2-9(14(10)18)11-5-4-8(24-11)6-12-15(22)20(7-13(19)21)16(23)25-12/h1-6H,7H2,(H2,19,21)/b12-6-. The molecule has 1 aromatic carbocycles. The van der Waals surface area contributed by atoms with Crippen LogP contribution in [0.2, 0.25) is 10.0 Å². The highest BCUT2D eigenvalue weighted by atomic mass is 35.5. The molecule has 25 heavy (non-hydrogen) atoms. The number of carbonyl (C=O) groups is 3. The van der Waals surface area contributed by atoms with Gasteiger partial charge in [0, 0.05) is 11.6 Å². The molecule has 0 saturated carbocycles. The minimum atomic E-state index is -0.764. The highest BCUT2D eigenvalue weighted by Crippen LogP contribution is 2.36. The van der Waals surface area contributed by atoms with Crippen molar-refractivity contribution >= 4 is 58.1 Å². The van der Waals surface area contributed by atoms with Gasteiger partial charge in [-0.05, 0) is 36.0 Å². The summed E-state index contributed by atoms with van der Waals surface area (Å²) in [6.07, 6.45) is 1.42. The first-order chi connectivity index (χ1) is 11.9. The normalized spacial score (nSPS) is 16.1. The number of primary amides is 1. The number of hydrogen-bond donors (Lipinski definition) is 1. The summed E-state index contributed by atoms with van der Waals surface area (Å²) in [6, 6.07) is 8.45. The molecule has 0 atom stereocenters. The van der Waals surface area contributed by atoms with E-state index in [1.165, 1.54) is 6.08 Å². The van der Waals surface area contributed by atoms with Crippen LogP contribution in [-0.2, 0) is 9.59 Å². The maximum absolute atomic E-state index is 12.2. The quantitative estimate of drug-likeness (QED) is 0.793. The summed E-state index contributed by atoms with van der Waals surface area (Å²) in [7, 11) is 0. The van der Waals surface area contributed by atoms with Crippen LogP contribution in [0.3, 0.4) is 0 Å². The van der Waals surface area contributed by atoms with E-state index in [-0.39, 0.29) is 4.91 Å². The highest BCUT2D eigenvalue weighted by molar-refractivity contribution is 8.18. The number of halogens is 2. The first kappa shape index (κ1) is 17.6. The van der Waals surface area contributed by atoms with E-state index in [9.17, 15) is 14.4 Å². The maximum atomic E-state index is 12.2. The van der Waals surface area contributed by atoms with Crippen molar-refractivity contribution in [2.24, 2.45) is 5.73 Å². The number of benzene rings is 1. The number of nitrogens with zero attached hydrogens (tertiary/aromatic N) is 1. The molecule has 3 amide bonds. The molecular weight excluding hydrogens is 387 g/mol. The van der Waals surface area contributed by atoms with Crippen molar-refractivity contribution in [3.8, 4) is 11.3 Å². The van der Waals surface area contributed by atoms with Crippen molar-refractivity contribution in [3.05, 3.63) is 51.0 Å². The van der Waals surface area contributed by atoms with E-state index < -0.39 is 23.6 Å². The number of hydrogen-bond acceptors (Lipinski definition) is 5. The van der Waals surface area contributed by atoms with Gasteiger partial charge in [-0.2, -0.15) is 0 Å². The van der Waals surface area contributed by atoms with Gasteiger partial charge in [0.1, 0.15) is 18.1 Å². The van der Waals surface area contributed by atoms with Crippen molar-refractivity contribution in [1.29, 1.82) is 0 Å². The third-order valence-electron chi connectivity index (χ3n) is 3.30. The van der Waals surface area contributed by atoms with Gasteiger partial charge < -0.3 is 10.2 Å². The smallest absolute Gasteiger partial charge is 0.294 e. The van der Waals surface area contributed by atoms with Crippen LogP contribution >= 0.6 is 35.0 Å². The largest absolute Gasteiger partial charge is 0.457 e. The van der Waals surface area contributed by atoms with E-state index >= 15 is 0 Å². The van der Waals surface area contributed by atoms with E-state index in [0.717, 1.165) is 4.90 Å². The zero-order chi connectivity index (χ0) is 18.1. The Balaban J connectivity index is 1.87. The van der Waals surface area contributed by atoms with Crippen LogP contribution < -0.4 is 5.73 Å². The molecule has 1 aliphatic rings. The van der Waals surface area contributed by atoms with E-state index in [2.05, 4.69) is 0 Å². The molecular formula is C16H10Cl2N2O4S. The molecule has 0 aliphatic carbocycles. The van der Waals surface area contributed by atoms with Crippen molar-refractivity contribution in [3.63, 3.8) is 0 Å². The van der Waals surface area contributed by atoms with E-state index in [0.29, 0.717) is 38.9 Å². The summed E-state index contributed by atoms with van der Waals surface area (Å²) in [5.41, 5.74) is 5.64. The summed E-state index contributed by atoms with van der Waals surface area (Å²) in [5, 5.41) is 0.191. The topological polar surface area (TPSA) is 93.6 Å². The average molecular weight is 397 g/mol. The predicted octanol–water partition coefficient (Wildman–Crippen LogP) is 3.78. The van der Waals surface area contributed by atoms with Gasteiger partial charge in [-0.15, -0.1) is 0 Å². The fourth-order valence-electron chi connectivity index (χ4n) is 2.19. The molecule has 0 spiro atoms. The van der Waals surface area contributed by atoms with Crippen LogP contribution in [0.15, 0.2) is 39.7 Å². The molecule has 2 N–H and O–H groups in total. The summed E-state index contributed by atoms with van der Waals surface area (Å²) in [5.74, 6) is -0.530. The Hall–Kier alpha value is -2.22. The lowest BCUT2D eigenvalue weighted by molar-refractivity contribution is -0.127. The van der Waals surface area contributed by atoms with Crippen molar-refractivity contribution in [2.75, 3.05) is 6.54 Å². The Morgan fingerprint density at radius 2 is 2.00 bits per heavy atom. The zero-order valence-electron chi connectivity index (χ0n) is 12.5. The molecule has 1 aromatic heterocycles. The van der Waals surface area contributed by atoms with E-state index in [1.54, 1.807) is 30.3 Å². The van der Waals surface area contributed by atoms with Gasteiger partial charge in [-0.25, -0.2) is 0 Å². The van der Waals surface area contributed by atoms with Gasteiger partial charge >= 0.3 is 0 Å². The first-order valence-corrected chi connectivity index (χ1v) is 8.52. The lowest BCUT2D eigenvalue weighted by atomic mass is 10.2. The first-order valence-electron chi connectivity index (χ1n) is 6.94. The average Bonchev–Trinajstić information content (AvgIpc) is 3.11. The summed E-state index contributed by atoms with van der Waals surface area (Å²) in [4.78, 5) is 35.8. The minimum Gasteiger partial charge on any atom is -0.457 e. The molecule has 1 aliphatic heterocycles. The van der Waals surface area contributed by atoms with Crippen LogP contribution in [0.1, 0.15) is 5.76 Å². The van der Waals surface area contributed by atoms with Gasteiger partial charge in [0.05, 0.1) is 15.0 Å². The Morgan fingerprint density at radius 3 is 2.72 bits per heavy atom. The van der Waals surface area contributed by atoms with Crippen LogP contribution in [0.4, 0.5) is 4.79 Å². The molecule has 6 nitrogen and oxygen atoms in total. The number of amides is 3. The molecule has 1 fully saturated rings. The fraction of sp³-hybridized carbons (Fsp3) is 0.0625. The minimum absolute atomic E-state index is 0.143. The number of rotatable bonds is 4. The Kier molecular flexibility index (Phi) is 4.89. The second-order valence-corrected chi connectivity index (χ2v) is 6.82. The summed E-state index contributed by atoms with van der Waals surface area (Å²) in [6.45, 7) is -0.455. The molecule has 2 aromatic rings. The van der Waals surface area contributed by atoms with Gasteiger partial charge in [0.15, 0.2) is 0 Å². The van der Waals surface area contributed by atoms with Crippen molar-refractivity contribution < 1.29 is 18.8 Å². The Bertz CT molecular complexity index is 923. The molecule has 0 bridgehead atoms. The van der Waals surface area contributed by atoms with E-state index in [4.69, 9.17) is 33.4 Å². The number of imide groups is 1. The van der Waals surface area contributed by atoms with Gasteiger partial charge in [0.2, 0.25) is 5.91 Å². The van der Waals surface area contributed by atoms with Crippen LogP contribution in [0.25, 0.3) is 17.4 Å². The monoisotopic (exact) mass is 396 g/mol. The molecule has 9 heteroatoms. The molecule has 2 heterocycles. The maximum Gasteiger partial charge on any atom is 0.294 e. The van der Waals surface area contributed by atoms with Gasteiger partial charge in [0.25, 0.3) is 11.1 Å². The number of nitrogens with two attached hydrogens (primary N) is 1. The molecule has 0 unspecified atom stereocenters. The lowest BCUT2D eigenvalue weighted by Gasteiger charge is -2.08. The molecule has 128 valence electrons. The molecule has 0 radical (unpaired) electrons. The highest BCUT2D eigenvalue weighted by Gasteiger charge is 2.36. The van der Waals surface area contributed by atoms with Crippen LogP contribution in [-0.4, -0.2) is 28.5 Å². The second-order valence-electron chi connectivity index (χ2n) is 5.04. The second kappa shape index (κ2) is 6.95. The SMILES string of the molecule is NC(=O)CN1C(=O)S/C(=C\c2ccc(-c3cccc(Cl)c3Cl)o2)C1=O. The summed E-state index contributed by atoms with van der Waals surface area (Å²) < 4.78 is 5.66. The zero-order valence-corrected chi connectivity index (χ0v) is 14.8. The van der Waals surface area contributed by atoms with Crippen molar-refractivity contribution in [2.45, 2.75) is 0 Å².